The van der Waals surface area contributed by atoms with E-state index >= 15 is 0 Å². The maximum atomic E-state index is 11.8. The SMILES string of the molecule is CCn1cnnc1-c1ccccc1NC(=O)NCCCO. The molecule has 2 amide bonds. The Balaban J connectivity index is 2.16. The molecule has 2 rings (SSSR count). The maximum absolute atomic E-state index is 11.8. The van der Waals surface area contributed by atoms with Gasteiger partial charge in [0.05, 0.1) is 5.69 Å². The van der Waals surface area contributed by atoms with E-state index in [1.807, 2.05) is 35.8 Å². The summed E-state index contributed by atoms with van der Waals surface area (Å²) in [4.78, 5) is 11.8. The number of rotatable bonds is 6. The Labute approximate surface area is 123 Å². The zero-order chi connectivity index (χ0) is 15.1. The number of nitrogens with zero attached hydrogens (tertiary/aromatic N) is 3. The van der Waals surface area contributed by atoms with Gasteiger partial charge in [0, 0.05) is 25.3 Å². The fourth-order valence-corrected chi connectivity index (χ4v) is 1.93. The fraction of sp³-hybridized carbons (Fsp3) is 0.357. The van der Waals surface area contributed by atoms with Crippen LogP contribution in [0.5, 0.6) is 0 Å². The van der Waals surface area contributed by atoms with E-state index < -0.39 is 0 Å². The summed E-state index contributed by atoms with van der Waals surface area (Å²) in [5, 5.41) is 22.2. The monoisotopic (exact) mass is 289 g/mol. The summed E-state index contributed by atoms with van der Waals surface area (Å²) in [5.74, 6) is 0.712. The standard InChI is InChI=1S/C14H19N5O2/c1-2-19-10-16-18-13(19)11-6-3-4-7-12(11)17-14(21)15-8-5-9-20/h3-4,6-7,10,20H,2,5,8-9H2,1H3,(H2,15,17,21). The molecule has 0 bridgehead atoms. The van der Waals surface area contributed by atoms with Gasteiger partial charge in [-0.1, -0.05) is 12.1 Å². The zero-order valence-electron chi connectivity index (χ0n) is 11.9. The molecule has 0 aliphatic rings. The van der Waals surface area contributed by atoms with Gasteiger partial charge in [0.25, 0.3) is 0 Å². The second-order valence-electron chi connectivity index (χ2n) is 4.44. The number of aromatic nitrogens is 3. The van der Waals surface area contributed by atoms with Crippen LogP contribution in [0.25, 0.3) is 11.4 Å². The molecule has 0 fully saturated rings. The van der Waals surface area contributed by atoms with Crippen LogP contribution in [0, 0.1) is 0 Å². The van der Waals surface area contributed by atoms with Crippen LogP contribution >= 0.6 is 0 Å². The molecule has 0 saturated heterocycles. The van der Waals surface area contributed by atoms with Gasteiger partial charge < -0.3 is 20.3 Å². The van der Waals surface area contributed by atoms with Gasteiger partial charge in [0.15, 0.2) is 5.82 Å². The third-order valence-corrected chi connectivity index (χ3v) is 2.99. The first-order valence-corrected chi connectivity index (χ1v) is 6.89. The predicted octanol–water partition coefficient (Wildman–Crippen LogP) is 1.47. The van der Waals surface area contributed by atoms with Gasteiger partial charge in [-0.15, -0.1) is 10.2 Å². The summed E-state index contributed by atoms with van der Waals surface area (Å²) in [5.41, 5.74) is 1.48. The predicted molar refractivity (Wildman–Crippen MR) is 79.9 cm³/mol. The molecule has 0 atom stereocenters. The lowest BCUT2D eigenvalue weighted by atomic mass is 10.1. The van der Waals surface area contributed by atoms with Crippen molar-refractivity contribution in [2.75, 3.05) is 18.5 Å². The molecule has 0 radical (unpaired) electrons. The molecule has 2 aromatic rings. The Kier molecular flexibility index (Phi) is 5.28. The summed E-state index contributed by atoms with van der Waals surface area (Å²) in [6.07, 6.45) is 2.19. The van der Waals surface area contributed by atoms with E-state index in [1.165, 1.54) is 0 Å². The average molecular weight is 289 g/mol. The van der Waals surface area contributed by atoms with E-state index in [4.69, 9.17) is 5.11 Å². The van der Waals surface area contributed by atoms with Crippen LogP contribution in [0.2, 0.25) is 0 Å². The number of aliphatic hydroxyl groups is 1. The molecule has 0 aliphatic carbocycles. The first-order valence-electron chi connectivity index (χ1n) is 6.89. The van der Waals surface area contributed by atoms with Gasteiger partial charge in [-0.2, -0.15) is 0 Å². The van der Waals surface area contributed by atoms with Crippen LogP contribution in [0.1, 0.15) is 13.3 Å². The molecule has 0 saturated carbocycles. The highest BCUT2D eigenvalue weighted by molar-refractivity contribution is 5.93. The minimum absolute atomic E-state index is 0.0521. The van der Waals surface area contributed by atoms with Gasteiger partial charge in [-0.05, 0) is 25.5 Å². The van der Waals surface area contributed by atoms with E-state index in [2.05, 4.69) is 20.8 Å². The van der Waals surface area contributed by atoms with Crippen LogP contribution in [-0.4, -0.2) is 39.1 Å². The second kappa shape index (κ2) is 7.39. The summed E-state index contributed by atoms with van der Waals surface area (Å²) in [6, 6.07) is 7.13. The highest BCUT2D eigenvalue weighted by atomic mass is 16.3. The first kappa shape index (κ1) is 15.0. The lowest BCUT2D eigenvalue weighted by molar-refractivity contribution is 0.249. The maximum Gasteiger partial charge on any atom is 0.319 e. The molecule has 3 N–H and O–H groups in total. The number of hydrogen-bond donors (Lipinski definition) is 3. The van der Waals surface area contributed by atoms with Gasteiger partial charge in [-0.25, -0.2) is 4.79 Å². The van der Waals surface area contributed by atoms with E-state index in [0.717, 1.165) is 12.1 Å². The van der Waals surface area contributed by atoms with Crippen molar-refractivity contribution in [3.05, 3.63) is 30.6 Å². The first-order chi connectivity index (χ1) is 10.3. The van der Waals surface area contributed by atoms with Gasteiger partial charge in [0.1, 0.15) is 6.33 Å². The van der Waals surface area contributed by atoms with Crippen molar-refractivity contribution in [3.8, 4) is 11.4 Å². The number of aliphatic hydroxyl groups excluding tert-OH is 1. The molecule has 112 valence electrons. The molecule has 0 spiro atoms. The number of carbonyl (C=O) groups excluding carboxylic acids is 1. The molecule has 0 aliphatic heterocycles. The molecule has 7 heteroatoms. The zero-order valence-corrected chi connectivity index (χ0v) is 11.9. The lowest BCUT2D eigenvalue weighted by Gasteiger charge is -2.12. The Morgan fingerprint density at radius 3 is 2.95 bits per heavy atom. The van der Waals surface area contributed by atoms with E-state index in [9.17, 15) is 4.79 Å². The topological polar surface area (TPSA) is 92.1 Å². The highest BCUT2D eigenvalue weighted by Gasteiger charge is 2.12. The van der Waals surface area contributed by atoms with Crippen LogP contribution in [0.3, 0.4) is 0 Å². The second-order valence-corrected chi connectivity index (χ2v) is 4.44. The molecule has 0 unspecified atom stereocenters. The smallest absolute Gasteiger partial charge is 0.319 e. The Hall–Kier alpha value is -2.41. The Morgan fingerprint density at radius 1 is 1.38 bits per heavy atom. The highest BCUT2D eigenvalue weighted by Crippen LogP contribution is 2.25. The van der Waals surface area contributed by atoms with Crippen molar-refractivity contribution in [1.82, 2.24) is 20.1 Å². The fourth-order valence-electron chi connectivity index (χ4n) is 1.93. The van der Waals surface area contributed by atoms with Crippen LogP contribution in [0.15, 0.2) is 30.6 Å². The van der Waals surface area contributed by atoms with Crippen molar-refractivity contribution in [1.29, 1.82) is 0 Å². The number of urea groups is 1. The van der Waals surface area contributed by atoms with Crippen molar-refractivity contribution < 1.29 is 9.90 Å². The van der Waals surface area contributed by atoms with E-state index in [-0.39, 0.29) is 12.6 Å². The summed E-state index contributed by atoms with van der Waals surface area (Å²) >= 11 is 0. The molecular weight excluding hydrogens is 270 g/mol. The largest absolute Gasteiger partial charge is 0.396 e. The molecule has 21 heavy (non-hydrogen) atoms. The summed E-state index contributed by atoms with van der Waals surface area (Å²) in [6.45, 7) is 3.23. The van der Waals surface area contributed by atoms with Gasteiger partial charge in [-0.3, -0.25) is 0 Å². The molecule has 1 heterocycles. The third kappa shape index (κ3) is 3.79. The third-order valence-electron chi connectivity index (χ3n) is 2.99. The van der Waals surface area contributed by atoms with E-state index in [0.29, 0.717) is 24.5 Å². The van der Waals surface area contributed by atoms with Crippen molar-refractivity contribution in [3.63, 3.8) is 0 Å². The van der Waals surface area contributed by atoms with Crippen LogP contribution in [0.4, 0.5) is 10.5 Å². The van der Waals surface area contributed by atoms with Crippen molar-refractivity contribution in [2.24, 2.45) is 0 Å². The number of para-hydroxylation sites is 1. The molecule has 1 aromatic heterocycles. The molecule has 1 aromatic carbocycles. The van der Waals surface area contributed by atoms with Crippen LogP contribution < -0.4 is 10.6 Å². The number of nitrogens with one attached hydrogen (secondary N) is 2. The van der Waals surface area contributed by atoms with Crippen LogP contribution in [-0.2, 0) is 6.54 Å². The quantitative estimate of drug-likeness (QED) is 0.702. The minimum atomic E-state index is -0.307. The normalized spacial score (nSPS) is 10.4. The average Bonchev–Trinajstić information content (AvgIpc) is 2.96. The summed E-state index contributed by atoms with van der Waals surface area (Å²) in [7, 11) is 0. The number of hydrogen-bond acceptors (Lipinski definition) is 4. The van der Waals surface area contributed by atoms with Crippen molar-refractivity contribution in [2.45, 2.75) is 19.9 Å². The number of amides is 2. The lowest BCUT2D eigenvalue weighted by Crippen LogP contribution is -2.30. The van der Waals surface area contributed by atoms with Crippen molar-refractivity contribution >= 4 is 11.7 Å². The number of carbonyl (C=O) groups is 1. The number of benzene rings is 1. The Bertz CT molecular complexity index is 597. The number of anilines is 1. The van der Waals surface area contributed by atoms with Gasteiger partial charge >= 0.3 is 6.03 Å². The molecule has 7 nitrogen and oxygen atoms in total. The van der Waals surface area contributed by atoms with E-state index in [1.54, 1.807) is 6.33 Å². The Morgan fingerprint density at radius 2 is 2.19 bits per heavy atom. The minimum Gasteiger partial charge on any atom is -0.396 e. The van der Waals surface area contributed by atoms with Gasteiger partial charge in [0.2, 0.25) is 0 Å². The molecular formula is C14H19N5O2. The number of aryl methyl sites for hydroxylation is 1. The summed E-state index contributed by atoms with van der Waals surface area (Å²) < 4.78 is 1.91.